The molecule has 6 N–H and O–H groups in total. The number of amides is 2. The van der Waals surface area contributed by atoms with E-state index in [9.17, 15) is 9.59 Å². The van der Waals surface area contributed by atoms with Crippen LogP contribution in [0.2, 0.25) is 0 Å². The number of nitrogen functional groups attached to an aromatic ring is 2. The number of nitrogens with one attached hydrogen (secondary N) is 2. The van der Waals surface area contributed by atoms with Gasteiger partial charge in [-0.3, -0.25) is 9.59 Å². The van der Waals surface area contributed by atoms with Gasteiger partial charge < -0.3 is 22.1 Å². The molecule has 8 nitrogen and oxygen atoms in total. The minimum Gasteiger partial charge on any atom is -0.397 e. The van der Waals surface area contributed by atoms with E-state index in [4.69, 9.17) is 11.5 Å². The van der Waals surface area contributed by atoms with Crippen LogP contribution in [-0.4, -0.2) is 11.8 Å². The van der Waals surface area contributed by atoms with Gasteiger partial charge in [-0.25, -0.2) is 0 Å². The number of hydrogen-bond acceptors (Lipinski definition) is 6. The summed E-state index contributed by atoms with van der Waals surface area (Å²) >= 11 is 0. The maximum atomic E-state index is 11.3. The number of azo groups is 1. The SMILES string of the molecule is CC(=O)Nc1cccc(N)c1N=Nc1c(N)cccc1NC(C)=O. The molecule has 0 radical (unpaired) electrons. The maximum Gasteiger partial charge on any atom is 0.221 e. The lowest BCUT2D eigenvalue weighted by Gasteiger charge is -2.10. The van der Waals surface area contributed by atoms with Gasteiger partial charge in [0.2, 0.25) is 11.8 Å². The zero-order valence-corrected chi connectivity index (χ0v) is 13.3. The molecule has 8 heteroatoms. The minimum absolute atomic E-state index is 0.254. The minimum atomic E-state index is -0.254. The fourth-order valence-electron chi connectivity index (χ4n) is 2.03. The summed E-state index contributed by atoms with van der Waals surface area (Å²) in [6, 6.07) is 9.99. The Morgan fingerprint density at radius 1 is 0.792 bits per heavy atom. The summed E-state index contributed by atoms with van der Waals surface area (Å²) in [7, 11) is 0. The fourth-order valence-corrected chi connectivity index (χ4v) is 2.03. The molecule has 0 bridgehead atoms. The van der Waals surface area contributed by atoms with Crippen molar-refractivity contribution in [2.75, 3.05) is 22.1 Å². The quantitative estimate of drug-likeness (QED) is 0.507. The van der Waals surface area contributed by atoms with E-state index in [0.717, 1.165) is 0 Å². The van der Waals surface area contributed by atoms with Crippen molar-refractivity contribution in [2.24, 2.45) is 10.2 Å². The van der Waals surface area contributed by atoms with E-state index in [2.05, 4.69) is 20.9 Å². The Balaban J connectivity index is 2.45. The van der Waals surface area contributed by atoms with Crippen LogP contribution in [-0.2, 0) is 9.59 Å². The molecule has 0 aliphatic carbocycles. The summed E-state index contributed by atoms with van der Waals surface area (Å²) in [5.74, 6) is -0.509. The van der Waals surface area contributed by atoms with Gasteiger partial charge in [0.05, 0.1) is 22.7 Å². The van der Waals surface area contributed by atoms with Crippen LogP contribution in [0.1, 0.15) is 13.8 Å². The Morgan fingerprint density at radius 2 is 1.17 bits per heavy atom. The van der Waals surface area contributed by atoms with Crippen molar-refractivity contribution in [1.29, 1.82) is 0 Å². The van der Waals surface area contributed by atoms with Crippen molar-refractivity contribution in [1.82, 2.24) is 0 Å². The first-order valence-electron chi connectivity index (χ1n) is 7.12. The van der Waals surface area contributed by atoms with Crippen LogP contribution in [0.4, 0.5) is 34.1 Å². The van der Waals surface area contributed by atoms with Gasteiger partial charge in [0.1, 0.15) is 11.4 Å². The van der Waals surface area contributed by atoms with Crippen molar-refractivity contribution in [2.45, 2.75) is 13.8 Å². The van der Waals surface area contributed by atoms with E-state index in [0.29, 0.717) is 34.1 Å². The molecule has 0 saturated heterocycles. The zero-order chi connectivity index (χ0) is 17.7. The molecule has 0 aromatic heterocycles. The first-order chi connectivity index (χ1) is 11.4. The van der Waals surface area contributed by atoms with Gasteiger partial charge in [-0.15, -0.1) is 10.2 Å². The molecule has 0 aliphatic rings. The first-order valence-corrected chi connectivity index (χ1v) is 7.12. The second-order valence-electron chi connectivity index (χ2n) is 5.05. The van der Waals surface area contributed by atoms with Gasteiger partial charge in [0, 0.05) is 13.8 Å². The van der Waals surface area contributed by atoms with Crippen molar-refractivity contribution < 1.29 is 9.59 Å². The third-order valence-electron chi connectivity index (χ3n) is 3.01. The number of carbonyl (C=O) groups excluding carboxylic acids is 2. The molecule has 2 rings (SSSR count). The molecule has 0 spiro atoms. The van der Waals surface area contributed by atoms with Crippen LogP contribution in [0.15, 0.2) is 46.6 Å². The van der Waals surface area contributed by atoms with E-state index >= 15 is 0 Å². The molecule has 0 saturated carbocycles. The van der Waals surface area contributed by atoms with Gasteiger partial charge in [0.15, 0.2) is 0 Å². The molecular weight excluding hydrogens is 308 g/mol. The Kier molecular flexibility index (Phi) is 5.10. The van der Waals surface area contributed by atoms with E-state index in [1.54, 1.807) is 36.4 Å². The van der Waals surface area contributed by atoms with Crippen LogP contribution in [0.25, 0.3) is 0 Å². The highest BCUT2D eigenvalue weighted by atomic mass is 16.2. The summed E-state index contributed by atoms with van der Waals surface area (Å²) in [5.41, 5.74) is 14.0. The summed E-state index contributed by atoms with van der Waals surface area (Å²) in [4.78, 5) is 22.6. The number of benzene rings is 2. The van der Waals surface area contributed by atoms with E-state index in [1.165, 1.54) is 13.8 Å². The third-order valence-corrected chi connectivity index (χ3v) is 3.01. The van der Waals surface area contributed by atoms with Gasteiger partial charge in [-0.2, -0.15) is 0 Å². The lowest BCUT2D eigenvalue weighted by molar-refractivity contribution is -0.115. The molecule has 0 unspecified atom stereocenters. The van der Waals surface area contributed by atoms with Crippen LogP contribution in [0, 0.1) is 0 Å². The van der Waals surface area contributed by atoms with E-state index < -0.39 is 0 Å². The largest absolute Gasteiger partial charge is 0.397 e. The highest BCUT2D eigenvalue weighted by molar-refractivity contribution is 5.95. The Hall–Kier alpha value is -3.42. The molecule has 124 valence electrons. The number of hydrogen-bond donors (Lipinski definition) is 4. The standard InChI is InChI=1S/C16H18N6O2/c1-9(23)19-13-7-3-5-11(17)15(13)21-22-16-12(18)6-4-8-14(16)20-10(2)24/h3-8H,17-18H2,1-2H3,(H,19,23)(H,20,24). The summed E-state index contributed by atoms with van der Waals surface area (Å²) in [5, 5.41) is 13.5. The first kappa shape index (κ1) is 16.9. The Morgan fingerprint density at radius 3 is 1.50 bits per heavy atom. The van der Waals surface area contributed by atoms with Crippen molar-refractivity contribution in [3.8, 4) is 0 Å². The monoisotopic (exact) mass is 326 g/mol. The van der Waals surface area contributed by atoms with E-state index in [1.807, 2.05) is 0 Å². The molecule has 2 amide bonds. The average Bonchev–Trinajstić information content (AvgIpc) is 2.47. The van der Waals surface area contributed by atoms with Crippen LogP contribution in [0.5, 0.6) is 0 Å². The number of anilines is 4. The molecule has 2 aromatic carbocycles. The lowest BCUT2D eigenvalue weighted by atomic mass is 10.2. The van der Waals surface area contributed by atoms with Crippen LogP contribution < -0.4 is 22.1 Å². The number of carbonyl (C=O) groups is 2. The molecular formula is C16H18N6O2. The van der Waals surface area contributed by atoms with Gasteiger partial charge in [0.25, 0.3) is 0 Å². The van der Waals surface area contributed by atoms with Gasteiger partial charge in [-0.05, 0) is 24.3 Å². The van der Waals surface area contributed by atoms with Crippen molar-refractivity contribution in [3.63, 3.8) is 0 Å². The number of rotatable bonds is 4. The molecule has 0 atom stereocenters. The second-order valence-corrected chi connectivity index (χ2v) is 5.05. The highest BCUT2D eigenvalue weighted by Gasteiger charge is 2.10. The Labute approximate surface area is 138 Å². The Bertz CT molecular complexity index is 749. The summed E-state index contributed by atoms with van der Waals surface area (Å²) in [6.07, 6.45) is 0. The maximum absolute atomic E-state index is 11.3. The number of nitrogens with two attached hydrogens (primary N) is 2. The lowest BCUT2D eigenvalue weighted by Crippen LogP contribution is -2.07. The van der Waals surface area contributed by atoms with E-state index in [-0.39, 0.29) is 11.8 Å². The van der Waals surface area contributed by atoms with Gasteiger partial charge in [-0.1, -0.05) is 12.1 Å². The van der Waals surface area contributed by atoms with Crippen molar-refractivity contribution >= 4 is 45.9 Å². The number of nitrogens with zero attached hydrogens (tertiary/aromatic N) is 2. The topological polar surface area (TPSA) is 135 Å². The summed E-state index contributed by atoms with van der Waals surface area (Å²) in [6.45, 7) is 2.77. The van der Waals surface area contributed by atoms with Gasteiger partial charge >= 0.3 is 0 Å². The molecule has 0 aliphatic heterocycles. The third kappa shape index (κ3) is 4.07. The molecule has 2 aromatic rings. The summed E-state index contributed by atoms with van der Waals surface area (Å²) < 4.78 is 0. The van der Waals surface area contributed by atoms with Crippen LogP contribution in [0.3, 0.4) is 0 Å². The predicted octanol–water partition coefficient (Wildman–Crippen LogP) is 3.18. The van der Waals surface area contributed by atoms with Crippen LogP contribution >= 0.6 is 0 Å². The molecule has 0 heterocycles. The smallest absolute Gasteiger partial charge is 0.221 e. The zero-order valence-electron chi connectivity index (χ0n) is 13.3. The highest BCUT2D eigenvalue weighted by Crippen LogP contribution is 2.36. The molecule has 24 heavy (non-hydrogen) atoms. The fraction of sp³-hybridized carbons (Fsp3) is 0.125. The average molecular weight is 326 g/mol. The second kappa shape index (κ2) is 7.23. The normalized spacial score (nSPS) is 10.6. The predicted molar refractivity (Wildman–Crippen MR) is 94.5 cm³/mol. The molecule has 0 fully saturated rings. The van der Waals surface area contributed by atoms with Crippen molar-refractivity contribution in [3.05, 3.63) is 36.4 Å².